The van der Waals surface area contributed by atoms with E-state index in [-0.39, 0.29) is 17.7 Å². The van der Waals surface area contributed by atoms with Gasteiger partial charge in [0.25, 0.3) is 0 Å². The Hall–Kier alpha value is -1.00. The van der Waals surface area contributed by atoms with E-state index < -0.39 is 0 Å². The lowest BCUT2D eigenvalue weighted by molar-refractivity contribution is 0.198. The van der Waals surface area contributed by atoms with Crippen molar-refractivity contribution in [3.63, 3.8) is 0 Å². The third-order valence-electron chi connectivity index (χ3n) is 2.83. The molecule has 1 N–H and O–H groups in total. The zero-order valence-electron chi connectivity index (χ0n) is 8.63. The van der Waals surface area contributed by atoms with Crippen LogP contribution in [0.2, 0.25) is 0 Å². The predicted molar refractivity (Wildman–Crippen MR) is 54.6 cm³/mol. The van der Waals surface area contributed by atoms with Gasteiger partial charge in [-0.15, -0.1) is 0 Å². The van der Waals surface area contributed by atoms with Crippen LogP contribution in [-0.4, -0.2) is 31.6 Å². The van der Waals surface area contributed by atoms with Gasteiger partial charge in [-0.3, -0.25) is 4.90 Å². The van der Waals surface area contributed by atoms with E-state index in [1.807, 2.05) is 11.9 Å². The Kier molecular flexibility index (Phi) is 2.98. The van der Waals surface area contributed by atoms with Gasteiger partial charge in [0, 0.05) is 31.2 Å². The highest BCUT2D eigenvalue weighted by molar-refractivity contribution is 5.23. The van der Waals surface area contributed by atoms with Gasteiger partial charge in [0.15, 0.2) is 0 Å². The Balaban J connectivity index is 2.30. The summed E-state index contributed by atoms with van der Waals surface area (Å²) < 4.78 is 26.5. The molecule has 4 heteroatoms. The highest BCUT2D eigenvalue weighted by atomic mass is 19.1. The second-order valence-corrected chi connectivity index (χ2v) is 3.87. The molecule has 0 radical (unpaired) electrons. The molecule has 0 aromatic heterocycles. The van der Waals surface area contributed by atoms with Crippen molar-refractivity contribution < 1.29 is 8.78 Å². The molecule has 1 aromatic rings. The van der Waals surface area contributed by atoms with Crippen LogP contribution in [0.1, 0.15) is 11.6 Å². The van der Waals surface area contributed by atoms with Crippen molar-refractivity contribution >= 4 is 0 Å². The van der Waals surface area contributed by atoms with E-state index in [4.69, 9.17) is 0 Å². The summed E-state index contributed by atoms with van der Waals surface area (Å²) in [5.41, 5.74) is 0.435. The van der Waals surface area contributed by atoms with Gasteiger partial charge in [-0.1, -0.05) is 0 Å². The summed E-state index contributed by atoms with van der Waals surface area (Å²) in [6.07, 6.45) is 0. The van der Waals surface area contributed by atoms with Crippen molar-refractivity contribution in [1.82, 2.24) is 10.2 Å². The molecular formula is C11H14F2N2. The van der Waals surface area contributed by atoms with Crippen LogP contribution in [0.5, 0.6) is 0 Å². The second kappa shape index (κ2) is 4.24. The van der Waals surface area contributed by atoms with Crippen LogP contribution < -0.4 is 5.32 Å². The van der Waals surface area contributed by atoms with E-state index in [0.29, 0.717) is 12.1 Å². The summed E-state index contributed by atoms with van der Waals surface area (Å²) in [5.74, 6) is -0.720. The lowest BCUT2D eigenvalue weighted by Gasteiger charge is -2.33. The van der Waals surface area contributed by atoms with Gasteiger partial charge in [0.05, 0.1) is 0 Å². The fourth-order valence-corrected chi connectivity index (χ4v) is 1.92. The van der Waals surface area contributed by atoms with Gasteiger partial charge in [-0.2, -0.15) is 0 Å². The van der Waals surface area contributed by atoms with Crippen LogP contribution in [0.4, 0.5) is 8.78 Å². The van der Waals surface area contributed by atoms with Gasteiger partial charge in [-0.05, 0) is 25.2 Å². The van der Waals surface area contributed by atoms with Gasteiger partial charge in [0.2, 0.25) is 0 Å². The highest BCUT2D eigenvalue weighted by Gasteiger charge is 2.23. The first-order valence-corrected chi connectivity index (χ1v) is 5.04. The van der Waals surface area contributed by atoms with E-state index in [2.05, 4.69) is 5.32 Å². The molecule has 1 unspecified atom stereocenters. The summed E-state index contributed by atoms with van der Waals surface area (Å²) in [4.78, 5) is 2.04. The minimum Gasteiger partial charge on any atom is -0.314 e. The smallest absolute Gasteiger partial charge is 0.128 e. The standard InChI is InChI=1S/C11H14F2N2/c1-15-5-4-14-7-11(15)9-6-8(12)2-3-10(9)13/h2-3,6,11,14H,4-5,7H2,1H3. The molecule has 0 spiro atoms. The molecule has 82 valence electrons. The van der Waals surface area contributed by atoms with Gasteiger partial charge < -0.3 is 5.32 Å². The van der Waals surface area contributed by atoms with Gasteiger partial charge in [-0.25, -0.2) is 8.78 Å². The highest BCUT2D eigenvalue weighted by Crippen LogP contribution is 2.23. The Bertz CT molecular complexity index is 354. The summed E-state index contributed by atoms with van der Waals surface area (Å²) in [6.45, 7) is 2.40. The van der Waals surface area contributed by atoms with Crippen LogP contribution in [0.3, 0.4) is 0 Å². The number of nitrogens with zero attached hydrogens (tertiary/aromatic N) is 1. The molecule has 2 nitrogen and oxygen atoms in total. The minimum atomic E-state index is -0.384. The Morgan fingerprint density at radius 1 is 1.40 bits per heavy atom. The molecule has 1 fully saturated rings. The van der Waals surface area contributed by atoms with Gasteiger partial charge in [0.1, 0.15) is 11.6 Å². The normalized spacial score (nSPS) is 23.0. The topological polar surface area (TPSA) is 15.3 Å². The van der Waals surface area contributed by atoms with Crippen LogP contribution in [0.25, 0.3) is 0 Å². The first-order valence-electron chi connectivity index (χ1n) is 5.04. The van der Waals surface area contributed by atoms with Crippen molar-refractivity contribution in [2.75, 3.05) is 26.7 Å². The Labute approximate surface area is 87.9 Å². The predicted octanol–water partition coefficient (Wildman–Crippen LogP) is 1.54. The van der Waals surface area contributed by atoms with E-state index in [9.17, 15) is 8.78 Å². The zero-order valence-corrected chi connectivity index (χ0v) is 8.63. The van der Waals surface area contributed by atoms with E-state index in [1.165, 1.54) is 12.1 Å². The number of nitrogens with one attached hydrogen (secondary N) is 1. The van der Waals surface area contributed by atoms with E-state index >= 15 is 0 Å². The van der Waals surface area contributed by atoms with Crippen molar-refractivity contribution in [3.8, 4) is 0 Å². The third-order valence-corrected chi connectivity index (χ3v) is 2.83. The zero-order chi connectivity index (χ0) is 10.8. The van der Waals surface area contributed by atoms with Gasteiger partial charge >= 0.3 is 0 Å². The molecule has 15 heavy (non-hydrogen) atoms. The van der Waals surface area contributed by atoms with E-state index in [0.717, 1.165) is 19.2 Å². The molecule has 1 saturated heterocycles. The second-order valence-electron chi connectivity index (χ2n) is 3.87. The van der Waals surface area contributed by atoms with Crippen molar-refractivity contribution in [2.24, 2.45) is 0 Å². The maximum absolute atomic E-state index is 13.5. The number of likely N-dealkylation sites (N-methyl/N-ethyl adjacent to an activating group) is 1. The molecule has 1 aromatic carbocycles. The van der Waals surface area contributed by atoms with Crippen LogP contribution in [0.15, 0.2) is 18.2 Å². The molecule has 2 rings (SSSR count). The summed E-state index contributed by atoms with van der Waals surface area (Å²) in [5, 5.41) is 3.18. The van der Waals surface area contributed by atoms with Crippen LogP contribution >= 0.6 is 0 Å². The third kappa shape index (κ3) is 2.16. The van der Waals surface area contributed by atoms with Crippen molar-refractivity contribution in [1.29, 1.82) is 0 Å². The SMILES string of the molecule is CN1CCNCC1c1cc(F)ccc1F. The molecule has 1 aliphatic rings. The lowest BCUT2D eigenvalue weighted by atomic mass is 10.0. The molecule has 1 aliphatic heterocycles. The molecule has 0 amide bonds. The summed E-state index contributed by atoms with van der Waals surface area (Å²) in [7, 11) is 1.93. The molecule has 1 atom stereocenters. The largest absolute Gasteiger partial charge is 0.314 e. The summed E-state index contributed by atoms with van der Waals surface area (Å²) in [6, 6.07) is 3.54. The molecule has 0 bridgehead atoms. The van der Waals surface area contributed by atoms with Crippen LogP contribution in [0, 0.1) is 11.6 Å². The van der Waals surface area contributed by atoms with Crippen LogP contribution in [-0.2, 0) is 0 Å². The quantitative estimate of drug-likeness (QED) is 0.759. The first kappa shape index (κ1) is 10.5. The Morgan fingerprint density at radius 3 is 2.93 bits per heavy atom. The lowest BCUT2D eigenvalue weighted by Crippen LogP contribution is -2.44. The average molecular weight is 212 g/mol. The minimum absolute atomic E-state index is 0.0746. The first-order chi connectivity index (χ1) is 7.18. The fraction of sp³-hybridized carbons (Fsp3) is 0.455. The fourth-order valence-electron chi connectivity index (χ4n) is 1.92. The average Bonchev–Trinajstić information content (AvgIpc) is 2.23. The number of hydrogen-bond donors (Lipinski definition) is 1. The van der Waals surface area contributed by atoms with Crippen molar-refractivity contribution in [2.45, 2.75) is 6.04 Å². The Morgan fingerprint density at radius 2 is 2.20 bits per heavy atom. The number of rotatable bonds is 1. The maximum Gasteiger partial charge on any atom is 0.128 e. The molecular weight excluding hydrogens is 198 g/mol. The maximum atomic E-state index is 13.5. The van der Waals surface area contributed by atoms with Crippen molar-refractivity contribution in [3.05, 3.63) is 35.4 Å². The summed E-state index contributed by atoms with van der Waals surface area (Å²) >= 11 is 0. The molecule has 0 aliphatic carbocycles. The van der Waals surface area contributed by atoms with E-state index in [1.54, 1.807) is 0 Å². The monoisotopic (exact) mass is 212 g/mol. The molecule has 1 heterocycles. The number of hydrogen-bond acceptors (Lipinski definition) is 2. The molecule has 0 saturated carbocycles. The number of halogens is 2. The number of benzene rings is 1. The number of piperazine rings is 1.